The van der Waals surface area contributed by atoms with Crippen LogP contribution in [0.2, 0.25) is 0 Å². The summed E-state index contributed by atoms with van der Waals surface area (Å²) in [6.45, 7) is 0.761. The number of ether oxygens (including phenoxy) is 2. The summed E-state index contributed by atoms with van der Waals surface area (Å²) in [4.78, 5) is 29.1. The van der Waals surface area contributed by atoms with E-state index in [4.69, 9.17) is 9.47 Å². The Labute approximate surface area is 220 Å². The van der Waals surface area contributed by atoms with Gasteiger partial charge in [-0.3, -0.25) is 14.9 Å². The Morgan fingerprint density at radius 2 is 1.42 bits per heavy atom. The molecule has 0 saturated carbocycles. The molecule has 1 aliphatic heterocycles. The van der Waals surface area contributed by atoms with Gasteiger partial charge in [0.25, 0.3) is 11.6 Å². The summed E-state index contributed by atoms with van der Waals surface area (Å²) in [5, 5.41) is 11.6. The van der Waals surface area contributed by atoms with Gasteiger partial charge in [-0.1, -0.05) is 60.7 Å². The SMILES string of the molecule is COc1ccc([C@H]2N(Cc3ccccc3)C(=O)c3cc([N+](=O)[O-])ccc3N2Cc2ccccc2)c(OC)c1. The standard InChI is InChI=1S/C30H27N3O5/c1-37-24-14-15-25(28(18-24)38-2)29-31(19-21-9-5-3-6-10-21)27-16-13-23(33(35)36)17-26(27)30(34)32(29)20-22-11-7-4-8-12-22/h3-18,29H,19-20H2,1-2H3/t29-/m1/s1. The highest BCUT2D eigenvalue weighted by atomic mass is 16.6. The summed E-state index contributed by atoms with van der Waals surface area (Å²) in [6, 6.07) is 29.6. The number of methoxy groups -OCH3 is 2. The van der Waals surface area contributed by atoms with E-state index in [1.807, 2.05) is 72.8 Å². The van der Waals surface area contributed by atoms with E-state index in [2.05, 4.69) is 4.90 Å². The van der Waals surface area contributed by atoms with Crippen LogP contribution in [-0.2, 0) is 13.1 Å². The number of carbonyl (C=O) groups excluding carboxylic acids is 1. The number of hydrogen-bond acceptors (Lipinski definition) is 6. The Kier molecular flexibility index (Phi) is 6.95. The maximum Gasteiger partial charge on any atom is 0.270 e. The van der Waals surface area contributed by atoms with Crippen molar-refractivity contribution in [3.05, 3.63) is 129 Å². The number of anilines is 1. The van der Waals surface area contributed by atoms with E-state index >= 15 is 0 Å². The fourth-order valence-electron chi connectivity index (χ4n) is 4.88. The summed E-state index contributed by atoms with van der Waals surface area (Å²) in [5.41, 5.74) is 3.52. The van der Waals surface area contributed by atoms with Crippen molar-refractivity contribution in [2.45, 2.75) is 19.3 Å². The van der Waals surface area contributed by atoms with Gasteiger partial charge in [-0.05, 0) is 29.3 Å². The van der Waals surface area contributed by atoms with Crippen molar-refractivity contribution in [3.8, 4) is 11.5 Å². The number of non-ortho nitro benzene ring substituents is 1. The Hall–Kier alpha value is -4.85. The van der Waals surface area contributed by atoms with Gasteiger partial charge in [0.15, 0.2) is 0 Å². The zero-order valence-electron chi connectivity index (χ0n) is 21.1. The minimum Gasteiger partial charge on any atom is -0.497 e. The van der Waals surface area contributed by atoms with E-state index in [9.17, 15) is 14.9 Å². The van der Waals surface area contributed by atoms with Crippen molar-refractivity contribution in [2.75, 3.05) is 19.1 Å². The molecule has 0 N–H and O–H groups in total. The minimum absolute atomic E-state index is 0.128. The van der Waals surface area contributed by atoms with Crippen molar-refractivity contribution in [2.24, 2.45) is 0 Å². The van der Waals surface area contributed by atoms with Gasteiger partial charge in [0.2, 0.25) is 0 Å². The smallest absolute Gasteiger partial charge is 0.270 e. The molecule has 0 radical (unpaired) electrons. The fourth-order valence-corrected chi connectivity index (χ4v) is 4.88. The van der Waals surface area contributed by atoms with Crippen LogP contribution >= 0.6 is 0 Å². The fraction of sp³-hybridized carbons (Fsp3) is 0.167. The molecule has 0 spiro atoms. The summed E-state index contributed by atoms with van der Waals surface area (Å²) in [7, 11) is 3.18. The Morgan fingerprint density at radius 1 is 0.789 bits per heavy atom. The van der Waals surface area contributed by atoms with E-state index in [-0.39, 0.29) is 17.2 Å². The van der Waals surface area contributed by atoms with Crippen molar-refractivity contribution in [1.29, 1.82) is 0 Å². The molecule has 0 aliphatic carbocycles. The van der Waals surface area contributed by atoms with Crippen LogP contribution in [0.1, 0.15) is 33.2 Å². The van der Waals surface area contributed by atoms with Crippen LogP contribution in [0.25, 0.3) is 0 Å². The molecule has 4 aromatic rings. The van der Waals surface area contributed by atoms with E-state index in [1.54, 1.807) is 31.3 Å². The van der Waals surface area contributed by atoms with Gasteiger partial charge in [0.05, 0.1) is 30.4 Å². The van der Waals surface area contributed by atoms with Crippen LogP contribution in [0.3, 0.4) is 0 Å². The first-order chi connectivity index (χ1) is 18.5. The quantitative estimate of drug-likeness (QED) is 0.215. The molecule has 1 heterocycles. The van der Waals surface area contributed by atoms with Gasteiger partial charge in [0.1, 0.15) is 17.7 Å². The molecule has 0 aromatic heterocycles. The largest absolute Gasteiger partial charge is 0.497 e. The van der Waals surface area contributed by atoms with E-state index in [1.165, 1.54) is 12.1 Å². The van der Waals surface area contributed by atoms with E-state index < -0.39 is 11.1 Å². The summed E-state index contributed by atoms with van der Waals surface area (Å²) in [5.74, 6) is 0.913. The van der Waals surface area contributed by atoms with Crippen molar-refractivity contribution < 1.29 is 19.2 Å². The molecule has 0 unspecified atom stereocenters. The molecule has 1 aliphatic rings. The third-order valence-electron chi connectivity index (χ3n) is 6.69. The van der Waals surface area contributed by atoms with Crippen LogP contribution in [0.4, 0.5) is 11.4 Å². The number of amides is 1. The molecular weight excluding hydrogens is 482 g/mol. The molecule has 192 valence electrons. The number of fused-ring (bicyclic) bond motifs is 1. The Bertz CT molecular complexity index is 1460. The number of nitrogens with zero attached hydrogens (tertiary/aromatic N) is 3. The van der Waals surface area contributed by atoms with Gasteiger partial charge < -0.3 is 19.3 Å². The molecule has 0 fully saturated rings. The molecular formula is C30H27N3O5. The zero-order chi connectivity index (χ0) is 26.6. The minimum atomic E-state index is -0.558. The van der Waals surface area contributed by atoms with E-state index in [0.29, 0.717) is 30.3 Å². The third kappa shape index (κ3) is 4.76. The number of rotatable bonds is 8. The highest BCUT2D eigenvalue weighted by Gasteiger charge is 2.41. The molecule has 8 nitrogen and oxygen atoms in total. The first-order valence-electron chi connectivity index (χ1n) is 12.2. The first-order valence-corrected chi connectivity index (χ1v) is 12.2. The summed E-state index contributed by atoms with van der Waals surface area (Å²) < 4.78 is 11.2. The number of carbonyl (C=O) groups is 1. The van der Waals surface area contributed by atoms with Crippen molar-refractivity contribution in [1.82, 2.24) is 4.90 Å². The number of hydrogen-bond donors (Lipinski definition) is 0. The van der Waals surface area contributed by atoms with Crippen molar-refractivity contribution in [3.63, 3.8) is 0 Å². The molecule has 1 amide bonds. The van der Waals surface area contributed by atoms with Gasteiger partial charge >= 0.3 is 0 Å². The van der Waals surface area contributed by atoms with Crippen LogP contribution in [-0.4, -0.2) is 29.9 Å². The second-order valence-corrected chi connectivity index (χ2v) is 8.97. The normalized spacial score (nSPS) is 14.7. The molecule has 8 heteroatoms. The van der Waals surface area contributed by atoms with Crippen LogP contribution in [0, 0.1) is 10.1 Å². The number of nitro groups is 1. The number of nitro benzene ring substituents is 1. The lowest BCUT2D eigenvalue weighted by atomic mass is 9.98. The third-order valence-corrected chi connectivity index (χ3v) is 6.69. The summed E-state index contributed by atoms with van der Waals surface area (Å²) in [6.07, 6.45) is -0.558. The van der Waals surface area contributed by atoms with Crippen LogP contribution in [0.15, 0.2) is 97.1 Å². The Balaban J connectivity index is 1.73. The van der Waals surface area contributed by atoms with Gasteiger partial charge in [-0.2, -0.15) is 0 Å². The average molecular weight is 510 g/mol. The molecule has 1 atom stereocenters. The van der Waals surface area contributed by atoms with Crippen LogP contribution in [0.5, 0.6) is 11.5 Å². The Morgan fingerprint density at radius 3 is 2.00 bits per heavy atom. The topological polar surface area (TPSA) is 85.1 Å². The molecule has 5 rings (SSSR count). The number of benzene rings is 4. The van der Waals surface area contributed by atoms with Gasteiger partial charge in [0, 0.05) is 36.9 Å². The lowest BCUT2D eigenvalue weighted by Gasteiger charge is -2.46. The molecule has 38 heavy (non-hydrogen) atoms. The monoisotopic (exact) mass is 509 g/mol. The first kappa shape index (κ1) is 24.8. The molecule has 4 aromatic carbocycles. The maximum atomic E-state index is 14.1. The van der Waals surface area contributed by atoms with Crippen molar-refractivity contribution >= 4 is 17.3 Å². The highest BCUT2D eigenvalue weighted by Crippen LogP contribution is 2.45. The average Bonchev–Trinajstić information content (AvgIpc) is 2.96. The zero-order valence-corrected chi connectivity index (χ0v) is 21.1. The van der Waals surface area contributed by atoms with Gasteiger partial charge in [-0.15, -0.1) is 0 Å². The lowest BCUT2D eigenvalue weighted by molar-refractivity contribution is -0.384. The second-order valence-electron chi connectivity index (χ2n) is 8.97. The predicted octanol–water partition coefficient (Wildman–Crippen LogP) is 5.97. The predicted molar refractivity (Wildman–Crippen MR) is 144 cm³/mol. The molecule has 0 saturated heterocycles. The highest BCUT2D eigenvalue weighted by molar-refractivity contribution is 6.02. The van der Waals surface area contributed by atoms with Gasteiger partial charge in [-0.25, -0.2) is 0 Å². The molecule has 0 bridgehead atoms. The lowest BCUT2D eigenvalue weighted by Crippen LogP contribution is -2.49. The van der Waals surface area contributed by atoms with E-state index in [0.717, 1.165) is 16.7 Å². The maximum absolute atomic E-state index is 14.1. The summed E-state index contributed by atoms with van der Waals surface area (Å²) >= 11 is 0. The second kappa shape index (κ2) is 10.6. The van der Waals surface area contributed by atoms with Crippen LogP contribution < -0.4 is 14.4 Å².